The standard InChI is InChI=1S/C6H8N2OS2/c1-4-5(11-9)6(10-2)8-3-7-4/h3,9H,1-2H3. The van der Waals surface area contributed by atoms with Gasteiger partial charge in [0.25, 0.3) is 0 Å². The average Bonchev–Trinajstić information content (AvgIpc) is 2.04. The maximum absolute atomic E-state index is 8.85. The highest BCUT2D eigenvalue weighted by molar-refractivity contribution is 8.00. The monoisotopic (exact) mass is 188 g/mol. The van der Waals surface area contributed by atoms with Gasteiger partial charge in [0.2, 0.25) is 0 Å². The fraction of sp³-hybridized carbons (Fsp3) is 0.333. The molecular weight excluding hydrogens is 180 g/mol. The molecule has 0 saturated heterocycles. The molecule has 3 nitrogen and oxygen atoms in total. The van der Waals surface area contributed by atoms with Crippen LogP contribution in [0.4, 0.5) is 0 Å². The third kappa shape index (κ3) is 1.85. The van der Waals surface area contributed by atoms with Crippen LogP contribution in [0, 0.1) is 6.92 Å². The van der Waals surface area contributed by atoms with Crippen LogP contribution >= 0.6 is 23.8 Å². The van der Waals surface area contributed by atoms with Gasteiger partial charge in [-0.3, -0.25) is 0 Å². The van der Waals surface area contributed by atoms with E-state index in [1.165, 1.54) is 18.1 Å². The van der Waals surface area contributed by atoms with Crippen molar-refractivity contribution < 1.29 is 4.55 Å². The van der Waals surface area contributed by atoms with E-state index in [0.717, 1.165) is 15.6 Å². The third-order valence-electron chi connectivity index (χ3n) is 1.23. The van der Waals surface area contributed by atoms with Crippen molar-refractivity contribution in [2.45, 2.75) is 16.8 Å². The zero-order chi connectivity index (χ0) is 8.27. The molecule has 1 N–H and O–H groups in total. The first kappa shape index (κ1) is 8.83. The molecule has 0 aromatic carbocycles. The Bertz CT molecular complexity index is 254. The Hall–Kier alpha value is -0.260. The van der Waals surface area contributed by atoms with Crippen LogP contribution < -0.4 is 0 Å². The highest BCUT2D eigenvalue weighted by atomic mass is 32.2. The van der Waals surface area contributed by atoms with Crippen LogP contribution in [0.1, 0.15) is 5.69 Å². The first-order valence-corrected chi connectivity index (χ1v) is 4.96. The summed E-state index contributed by atoms with van der Waals surface area (Å²) in [6.45, 7) is 1.85. The van der Waals surface area contributed by atoms with E-state index in [4.69, 9.17) is 4.55 Å². The quantitative estimate of drug-likeness (QED) is 0.437. The molecule has 60 valence electrons. The second kappa shape index (κ2) is 3.94. The molecule has 0 unspecified atom stereocenters. The van der Waals surface area contributed by atoms with Crippen molar-refractivity contribution >= 4 is 23.8 Å². The summed E-state index contributed by atoms with van der Waals surface area (Å²) in [6, 6.07) is 0. The van der Waals surface area contributed by atoms with Crippen molar-refractivity contribution in [3.8, 4) is 0 Å². The van der Waals surface area contributed by atoms with Crippen LogP contribution in [0.15, 0.2) is 16.2 Å². The van der Waals surface area contributed by atoms with Gasteiger partial charge in [-0.1, -0.05) is 0 Å². The zero-order valence-electron chi connectivity index (χ0n) is 6.24. The largest absolute Gasteiger partial charge is 0.325 e. The molecule has 0 aliphatic rings. The Balaban J connectivity index is 3.13. The molecule has 0 atom stereocenters. The Morgan fingerprint density at radius 3 is 2.64 bits per heavy atom. The molecular formula is C6H8N2OS2. The predicted molar refractivity (Wildman–Crippen MR) is 47.0 cm³/mol. The van der Waals surface area contributed by atoms with E-state index < -0.39 is 0 Å². The van der Waals surface area contributed by atoms with Crippen LogP contribution in [-0.2, 0) is 0 Å². The number of rotatable bonds is 2. The molecule has 0 aliphatic carbocycles. The van der Waals surface area contributed by atoms with Crippen LogP contribution in [-0.4, -0.2) is 20.8 Å². The molecule has 0 saturated carbocycles. The fourth-order valence-corrected chi connectivity index (χ4v) is 1.85. The van der Waals surface area contributed by atoms with Crippen LogP contribution in [0.5, 0.6) is 0 Å². The smallest absolute Gasteiger partial charge is 0.117 e. The summed E-state index contributed by atoms with van der Waals surface area (Å²) in [4.78, 5) is 8.70. The minimum absolute atomic E-state index is 0.701. The molecule has 1 aromatic heterocycles. The Labute approximate surface area is 73.9 Å². The second-order valence-corrected chi connectivity index (χ2v) is 3.27. The lowest BCUT2D eigenvalue weighted by Crippen LogP contribution is -1.90. The molecule has 1 aromatic rings. The van der Waals surface area contributed by atoms with E-state index in [9.17, 15) is 0 Å². The van der Waals surface area contributed by atoms with Crippen molar-refractivity contribution in [2.24, 2.45) is 0 Å². The predicted octanol–water partition coefficient (Wildman–Crippen LogP) is 2.07. The molecule has 0 radical (unpaired) electrons. The lowest BCUT2D eigenvalue weighted by molar-refractivity contribution is 0.657. The number of thioether (sulfide) groups is 1. The van der Waals surface area contributed by atoms with Crippen molar-refractivity contribution in [3.05, 3.63) is 12.0 Å². The van der Waals surface area contributed by atoms with Crippen molar-refractivity contribution in [1.29, 1.82) is 0 Å². The second-order valence-electron chi connectivity index (χ2n) is 1.89. The van der Waals surface area contributed by atoms with E-state index in [0.29, 0.717) is 12.0 Å². The summed E-state index contributed by atoms with van der Waals surface area (Å²) in [5.41, 5.74) is 0.817. The van der Waals surface area contributed by atoms with Gasteiger partial charge < -0.3 is 4.55 Å². The number of hydrogen-bond donors (Lipinski definition) is 1. The van der Waals surface area contributed by atoms with Crippen molar-refractivity contribution in [3.63, 3.8) is 0 Å². The van der Waals surface area contributed by atoms with Crippen LogP contribution in [0.2, 0.25) is 0 Å². The third-order valence-corrected chi connectivity index (χ3v) is 2.73. The number of aromatic nitrogens is 2. The fourth-order valence-electron chi connectivity index (χ4n) is 0.690. The molecule has 1 heterocycles. The molecule has 0 amide bonds. The minimum atomic E-state index is 0.701. The van der Waals surface area contributed by atoms with Crippen molar-refractivity contribution in [1.82, 2.24) is 9.97 Å². The summed E-state index contributed by atoms with van der Waals surface area (Å²) in [5, 5.41) is 0.824. The lowest BCUT2D eigenvalue weighted by atomic mass is 10.5. The Morgan fingerprint density at radius 1 is 1.45 bits per heavy atom. The van der Waals surface area contributed by atoms with Gasteiger partial charge in [-0.2, -0.15) is 0 Å². The molecule has 0 spiro atoms. The molecule has 11 heavy (non-hydrogen) atoms. The van der Waals surface area contributed by atoms with Gasteiger partial charge in [0, 0.05) is 12.0 Å². The minimum Gasteiger partial charge on any atom is -0.325 e. The van der Waals surface area contributed by atoms with Crippen LogP contribution in [0.25, 0.3) is 0 Å². The van der Waals surface area contributed by atoms with E-state index >= 15 is 0 Å². The van der Waals surface area contributed by atoms with Gasteiger partial charge in [-0.15, -0.1) is 11.8 Å². The molecule has 1 rings (SSSR count). The molecule has 0 aliphatic heterocycles. The lowest BCUT2D eigenvalue weighted by Gasteiger charge is -2.02. The number of nitrogens with zero attached hydrogens (tertiary/aromatic N) is 2. The van der Waals surface area contributed by atoms with E-state index in [1.807, 2.05) is 13.2 Å². The molecule has 0 fully saturated rings. The van der Waals surface area contributed by atoms with Gasteiger partial charge in [-0.05, 0) is 13.2 Å². The van der Waals surface area contributed by atoms with E-state index in [1.54, 1.807) is 0 Å². The van der Waals surface area contributed by atoms with Gasteiger partial charge in [0.15, 0.2) is 0 Å². The average molecular weight is 188 g/mol. The van der Waals surface area contributed by atoms with Gasteiger partial charge in [-0.25, -0.2) is 9.97 Å². The topological polar surface area (TPSA) is 46.0 Å². The first-order chi connectivity index (χ1) is 5.29. The first-order valence-electron chi connectivity index (χ1n) is 2.96. The van der Waals surface area contributed by atoms with Crippen molar-refractivity contribution in [2.75, 3.05) is 6.26 Å². The van der Waals surface area contributed by atoms with Gasteiger partial charge in [0.1, 0.15) is 11.4 Å². The normalized spacial score (nSPS) is 10.1. The van der Waals surface area contributed by atoms with Gasteiger partial charge in [0.05, 0.1) is 10.6 Å². The maximum atomic E-state index is 8.85. The summed E-state index contributed by atoms with van der Waals surface area (Å²) in [5.74, 6) is 0. The highest BCUT2D eigenvalue weighted by Crippen LogP contribution is 2.26. The van der Waals surface area contributed by atoms with Crippen LogP contribution in [0.3, 0.4) is 0 Å². The SMILES string of the molecule is CSc1ncnc(C)c1SO. The summed E-state index contributed by atoms with van der Waals surface area (Å²) in [6.07, 6.45) is 3.42. The number of hydrogen-bond acceptors (Lipinski definition) is 5. The van der Waals surface area contributed by atoms with E-state index in [2.05, 4.69) is 9.97 Å². The maximum Gasteiger partial charge on any atom is 0.117 e. The summed E-state index contributed by atoms with van der Waals surface area (Å²) in [7, 11) is 0. The highest BCUT2D eigenvalue weighted by Gasteiger charge is 2.06. The molecule has 0 bridgehead atoms. The molecule has 5 heteroatoms. The Kier molecular flexibility index (Phi) is 3.16. The van der Waals surface area contributed by atoms with Gasteiger partial charge >= 0.3 is 0 Å². The summed E-state index contributed by atoms with van der Waals surface area (Å²) >= 11 is 2.20. The summed E-state index contributed by atoms with van der Waals surface area (Å²) < 4.78 is 8.85. The van der Waals surface area contributed by atoms with E-state index in [-0.39, 0.29) is 0 Å². The number of aryl methyl sites for hydroxylation is 1. The Morgan fingerprint density at radius 2 is 2.18 bits per heavy atom. The zero-order valence-corrected chi connectivity index (χ0v) is 7.87.